The molecule has 1 amide bonds. The summed E-state index contributed by atoms with van der Waals surface area (Å²) in [5.74, 6) is 3.34. The van der Waals surface area contributed by atoms with Gasteiger partial charge in [0.1, 0.15) is 0 Å². The number of hydrogen-bond acceptors (Lipinski definition) is 2. The van der Waals surface area contributed by atoms with Gasteiger partial charge in [-0.3, -0.25) is 4.79 Å². The van der Waals surface area contributed by atoms with E-state index in [0.717, 1.165) is 13.0 Å². The van der Waals surface area contributed by atoms with Crippen LogP contribution < -0.4 is 5.73 Å². The summed E-state index contributed by atoms with van der Waals surface area (Å²) in [6.07, 6.45) is 9.03. The average molecular weight is 250 g/mol. The van der Waals surface area contributed by atoms with E-state index in [1.807, 2.05) is 0 Å². The van der Waals surface area contributed by atoms with Gasteiger partial charge in [0.2, 0.25) is 5.91 Å². The highest BCUT2D eigenvalue weighted by Crippen LogP contribution is 2.30. The summed E-state index contributed by atoms with van der Waals surface area (Å²) in [5.41, 5.74) is 6.20. The molecule has 0 spiro atoms. The van der Waals surface area contributed by atoms with E-state index in [9.17, 15) is 4.79 Å². The largest absolute Gasteiger partial charge is 0.331 e. The molecular formula is C15H26N2O. The van der Waals surface area contributed by atoms with E-state index in [4.69, 9.17) is 12.2 Å². The van der Waals surface area contributed by atoms with Gasteiger partial charge < -0.3 is 10.6 Å². The fourth-order valence-corrected chi connectivity index (χ4v) is 2.19. The van der Waals surface area contributed by atoms with Crippen LogP contribution in [0.25, 0.3) is 0 Å². The second-order valence-corrected chi connectivity index (χ2v) is 6.65. The molecule has 0 aromatic heterocycles. The third-order valence-corrected chi connectivity index (χ3v) is 3.12. The third kappa shape index (κ3) is 6.07. The zero-order valence-electron chi connectivity index (χ0n) is 11.9. The van der Waals surface area contributed by atoms with E-state index in [-0.39, 0.29) is 17.4 Å². The lowest BCUT2D eigenvalue weighted by Gasteiger charge is -2.26. The molecule has 0 saturated heterocycles. The van der Waals surface area contributed by atoms with E-state index >= 15 is 0 Å². The van der Waals surface area contributed by atoms with Gasteiger partial charge in [-0.1, -0.05) is 26.7 Å². The lowest BCUT2D eigenvalue weighted by Crippen LogP contribution is -2.38. The highest BCUT2D eigenvalue weighted by molar-refractivity contribution is 5.77. The van der Waals surface area contributed by atoms with Gasteiger partial charge in [-0.05, 0) is 30.6 Å². The van der Waals surface area contributed by atoms with Crippen molar-refractivity contribution in [1.29, 1.82) is 0 Å². The number of nitrogens with two attached hydrogens (primary N) is 1. The van der Waals surface area contributed by atoms with Crippen LogP contribution in [-0.2, 0) is 4.79 Å². The Morgan fingerprint density at radius 1 is 1.50 bits per heavy atom. The molecule has 0 radical (unpaired) electrons. The molecule has 0 aromatic carbocycles. The molecule has 18 heavy (non-hydrogen) atoms. The molecule has 1 unspecified atom stereocenters. The quantitative estimate of drug-likeness (QED) is 0.733. The molecule has 0 aromatic rings. The first-order valence-electron chi connectivity index (χ1n) is 6.78. The average Bonchev–Trinajstić information content (AvgIpc) is 2.97. The highest BCUT2D eigenvalue weighted by atomic mass is 16.2. The van der Waals surface area contributed by atoms with Crippen LogP contribution in [0.1, 0.15) is 46.5 Å². The Kier molecular flexibility index (Phi) is 5.22. The summed E-state index contributed by atoms with van der Waals surface area (Å²) in [5, 5.41) is 0. The van der Waals surface area contributed by atoms with E-state index in [2.05, 4.69) is 26.7 Å². The summed E-state index contributed by atoms with van der Waals surface area (Å²) < 4.78 is 0. The van der Waals surface area contributed by atoms with Crippen molar-refractivity contribution >= 4 is 5.91 Å². The minimum absolute atomic E-state index is 0.0722. The van der Waals surface area contributed by atoms with Crippen LogP contribution in [0.4, 0.5) is 0 Å². The van der Waals surface area contributed by atoms with Crippen molar-refractivity contribution in [3.05, 3.63) is 0 Å². The van der Waals surface area contributed by atoms with Crippen LogP contribution in [0.5, 0.6) is 0 Å². The van der Waals surface area contributed by atoms with Gasteiger partial charge >= 0.3 is 0 Å². The maximum atomic E-state index is 12.1. The van der Waals surface area contributed by atoms with Crippen molar-refractivity contribution in [3.8, 4) is 12.3 Å². The molecule has 1 aliphatic carbocycles. The Bertz CT molecular complexity index is 320. The summed E-state index contributed by atoms with van der Waals surface area (Å²) in [6, 6.07) is -0.0722. The number of amides is 1. The first kappa shape index (κ1) is 15.0. The van der Waals surface area contributed by atoms with Crippen molar-refractivity contribution < 1.29 is 4.79 Å². The van der Waals surface area contributed by atoms with Crippen molar-refractivity contribution in [1.82, 2.24) is 4.90 Å². The fourth-order valence-electron chi connectivity index (χ4n) is 2.19. The van der Waals surface area contributed by atoms with Crippen molar-refractivity contribution in [2.45, 2.75) is 52.5 Å². The van der Waals surface area contributed by atoms with Crippen LogP contribution in [0.15, 0.2) is 0 Å². The predicted octanol–water partition coefficient (Wildman–Crippen LogP) is 2.01. The van der Waals surface area contributed by atoms with Gasteiger partial charge in [-0.25, -0.2) is 0 Å². The van der Waals surface area contributed by atoms with E-state index in [1.54, 1.807) is 4.90 Å². The summed E-state index contributed by atoms with van der Waals surface area (Å²) >= 11 is 0. The highest BCUT2D eigenvalue weighted by Gasteiger charge is 2.27. The monoisotopic (exact) mass is 250 g/mol. The topological polar surface area (TPSA) is 46.3 Å². The van der Waals surface area contributed by atoms with Gasteiger partial charge in [-0.15, -0.1) is 6.42 Å². The second-order valence-electron chi connectivity index (χ2n) is 6.65. The van der Waals surface area contributed by atoms with Gasteiger partial charge in [0.25, 0.3) is 0 Å². The maximum Gasteiger partial charge on any atom is 0.224 e. The summed E-state index contributed by atoms with van der Waals surface area (Å²) in [6.45, 7) is 7.64. The molecule has 0 heterocycles. The van der Waals surface area contributed by atoms with Crippen LogP contribution in [0.2, 0.25) is 0 Å². The molecule has 102 valence electrons. The Morgan fingerprint density at radius 2 is 2.11 bits per heavy atom. The molecule has 1 saturated carbocycles. The zero-order valence-corrected chi connectivity index (χ0v) is 11.9. The molecule has 2 N–H and O–H groups in total. The Morgan fingerprint density at radius 3 is 2.56 bits per heavy atom. The first-order chi connectivity index (χ1) is 8.31. The second kappa shape index (κ2) is 6.24. The van der Waals surface area contributed by atoms with Crippen molar-refractivity contribution in [2.75, 3.05) is 13.1 Å². The van der Waals surface area contributed by atoms with Gasteiger partial charge in [0.15, 0.2) is 0 Å². The standard InChI is InChI=1S/C15H26N2O/c1-5-8-17(11-12-6-7-12)14(18)9-13(16)10-15(2,3)4/h1,12-13H,6-11,16H2,2-4H3. The third-order valence-electron chi connectivity index (χ3n) is 3.12. The smallest absolute Gasteiger partial charge is 0.224 e. The van der Waals surface area contributed by atoms with Crippen molar-refractivity contribution in [3.63, 3.8) is 0 Å². The Balaban J connectivity index is 2.42. The molecule has 1 atom stereocenters. The van der Waals surface area contributed by atoms with Crippen LogP contribution in [0, 0.1) is 23.7 Å². The van der Waals surface area contributed by atoms with E-state index in [0.29, 0.717) is 18.9 Å². The molecule has 3 nitrogen and oxygen atoms in total. The predicted molar refractivity (Wildman–Crippen MR) is 74.8 cm³/mol. The number of terminal acetylenes is 1. The minimum atomic E-state index is -0.0722. The van der Waals surface area contributed by atoms with Crippen LogP contribution >= 0.6 is 0 Å². The number of hydrogen-bond donors (Lipinski definition) is 1. The lowest BCUT2D eigenvalue weighted by molar-refractivity contribution is -0.131. The number of carbonyl (C=O) groups is 1. The van der Waals surface area contributed by atoms with Gasteiger partial charge in [0.05, 0.1) is 6.54 Å². The molecule has 0 aliphatic heterocycles. The Hall–Kier alpha value is -1.01. The van der Waals surface area contributed by atoms with E-state index in [1.165, 1.54) is 12.8 Å². The molecule has 1 aliphatic rings. The first-order valence-corrected chi connectivity index (χ1v) is 6.78. The van der Waals surface area contributed by atoms with Crippen molar-refractivity contribution in [2.24, 2.45) is 17.1 Å². The normalized spacial score (nSPS) is 17.1. The zero-order chi connectivity index (χ0) is 13.8. The van der Waals surface area contributed by atoms with Gasteiger partial charge in [0, 0.05) is 19.0 Å². The molecular weight excluding hydrogens is 224 g/mol. The lowest BCUT2D eigenvalue weighted by atomic mass is 9.87. The van der Waals surface area contributed by atoms with Crippen LogP contribution in [0.3, 0.4) is 0 Å². The number of nitrogens with zero attached hydrogens (tertiary/aromatic N) is 1. The minimum Gasteiger partial charge on any atom is -0.331 e. The fraction of sp³-hybridized carbons (Fsp3) is 0.800. The number of carbonyl (C=O) groups excluding carboxylic acids is 1. The maximum absolute atomic E-state index is 12.1. The number of rotatable bonds is 6. The molecule has 0 bridgehead atoms. The van der Waals surface area contributed by atoms with E-state index < -0.39 is 0 Å². The van der Waals surface area contributed by atoms with Gasteiger partial charge in [-0.2, -0.15) is 0 Å². The SMILES string of the molecule is C#CCN(CC1CC1)C(=O)CC(N)CC(C)(C)C. The Labute approximate surface area is 111 Å². The summed E-state index contributed by atoms with van der Waals surface area (Å²) in [7, 11) is 0. The molecule has 1 fully saturated rings. The molecule has 3 heteroatoms. The summed E-state index contributed by atoms with van der Waals surface area (Å²) in [4.78, 5) is 13.9. The molecule has 1 rings (SSSR count). The van der Waals surface area contributed by atoms with Crippen LogP contribution in [-0.4, -0.2) is 29.9 Å².